The van der Waals surface area contributed by atoms with E-state index in [1.807, 2.05) is 0 Å². The van der Waals surface area contributed by atoms with E-state index in [9.17, 15) is 30.0 Å². The molecule has 2 rings (SSSR count). The Labute approximate surface area is 280 Å². The number of nitrogens with one attached hydrogen (secondary N) is 6. The molecule has 270 valence electrons. The summed E-state index contributed by atoms with van der Waals surface area (Å²) in [5, 5.41) is 38.7. The average Bonchev–Trinajstić information content (AvgIpc) is 2.96. The van der Waals surface area contributed by atoms with E-state index in [1.54, 1.807) is 55.4 Å². The minimum absolute atomic E-state index is 0.0839. The Kier molecular flexibility index (Phi) is 16.6. The van der Waals surface area contributed by atoms with E-state index in [0.717, 1.165) is 0 Å². The van der Waals surface area contributed by atoms with Gasteiger partial charge < -0.3 is 28.5 Å². The molecule has 0 aliphatic rings. The topological polar surface area (TPSA) is 239 Å². The maximum Gasteiger partial charge on any atom is 0.397 e. The van der Waals surface area contributed by atoms with Crippen LogP contribution in [0, 0.1) is 10.4 Å². The third-order valence-corrected chi connectivity index (χ3v) is 9.78. The molecular weight excluding hydrogens is 670 g/mol. The Morgan fingerprint density at radius 2 is 0.896 bits per heavy atom. The van der Waals surface area contributed by atoms with Crippen LogP contribution in [0.25, 0.3) is 0 Å². The van der Waals surface area contributed by atoms with Gasteiger partial charge in [-0.25, -0.2) is 10.4 Å². The van der Waals surface area contributed by atoms with E-state index in [4.69, 9.17) is 18.1 Å². The summed E-state index contributed by atoms with van der Waals surface area (Å²) in [6.45, 7) is 13.3. The number of hydrazine groups is 2. The molecular formula is C28H48N8O10P2. The largest absolute Gasteiger partial charge is 0.595 e. The van der Waals surface area contributed by atoms with Gasteiger partial charge >= 0.3 is 15.2 Å². The number of quaternary nitrogens is 2. The van der Waals surface area contributed by atoms with E-state index >= 15 is 0 Å². The van der Waals surface area contributed by atoms with Crippen LogP contribution in [0.3, 0.4) is 0 Å². The van der Waals surface area contributed by atoms with Crippen LogP contribution in [0.15, 0.2) is 58.5 Å². The lowest BCUT2D eigenvalue weighted by Gasteiger charge is -2.25. The lowest BCUT2D eigenvalue weighted by Crippen LogP contribution is -2.99. The highest BCUT2D eigenvalue weighted by molar-refractivity contribution is 7.72. The van der Waals surface area contributed by atoms with Crippen molar-refractivity contribution >= 4 is 49.1 Å². The van der Waals surface area contributed by atoms with Crippen LogP contribution >= 0.6 is 15.2 Å². The number of anilines is 2. The number of hydrogen-bond acceptors (Lipinski definition) is 14. The van der Waals surface area contributed by atoms with Crippen molar-refractivity contribution in [3.8, 4) is 0 Å². The summed E-state index contributed by atoms with van der Waals surface area (Å²) >= 11 is 0. The fourth-order valence-electron chi connectivity index (χ4n) is 3.71. The molecule has 2 unspecified atom stereocenters. The van der Waals surface area contributed by atoms with Crippen molar-refractivity contribution in [1.29, 1.82) is 0 Å². The van der Waals surface area contributed by atoms with E-state index in [2.05, 4.69) is 31.7 Å². The van der Waals surface area contributed by atoms with Gasteiger partial charge in [0, 0.05) is 24.3 Å². The molecule has 0 fully saturated rings. The maximum absolute atomic E-state index is 14.0. The third kappa shape index (κ3) is 13.9. The summed E-state index contributed by atoms with van der Waals surface area (Å²) in [7, 11) is -8.08. The highest BCUT2D eigenvalue weighted by atomic mass is 31.2. The normalized spacial score (nSPS) is 14.5. The molecule has 0 saturated heterocycles. The molecule has 2 aromatic carbocycles. The Balaban J connectivity index is 2.43. The molecule has 0 radical (unpaired) electrons. The molecule has 20 heteroatoms. The highest BCUT2D eigenvalue weighted by Crippen LogP contribution is 2.52. The summed E-state index contributed by atoms with van der Waals surface area (Å²) in [4.78, 5) is 8.87. The van der Waals surface area contributed by atoms with E-state index in [-0.39, 0.29) is 35.6 Å². The van der Waals surface area contributed by atoms with Gasteiger partial charge in [-0.3, -0.25) is 40.8 Å². The smallest absolute Gasteiger partial charge is 0.397 e. The minimum atomic E-state index is -4.04. The molecule has 48 heavy (non-hydrogen) atoms. The summed E-state index contributed by atoms with van der Waals surface area (Å²) in [5.41, 5.74) is 12.0. The molecule has 0 aliphatic carbocycles. The Bertz CT molecular complexity index is 1290. The molecule has 0 spiro atoms. The van der Waals surface area contributed by atoms with Crippen LogP contribution in [0.5, 0.6) is 0 Å². The number of hydrogen-bond donors (Lipinski definition) is 8. The van der Waals surface area contributed by atoms with Gasteiger partial charge in [0.1, 0.15) is 0 Å². The van der Waals surface area contributed by atoms with Gasteiger partial charge in [0.15, 0.2) is 11.4 Å². The maximum atomic E-state index is 14.0. The van der Waals surface area contributed by atoms with Gasteiger partial charge in [-0.05, 0) is 79.7 Å². The van der Waals surface area contributed by atoms with E-state index in [1.165, 1.54) is 48.5 Å². The van der Waals surface area contributed by atoms with Crippen LogP contribution in [-0.2, 0) is 27.2 Å². The van der Waals surface area contributed by atoms with Crippen molar-refractivity contribution in [2.75, 3.05) is 23.9 Å². The second-order valence-electron chi connectivity index (χ2n) is 11.3. The third-order valence-electron chi connectivity index (χ3n) is 5.44. The number of amidine groups is 2. The van der Waals surface area contributed by atoms with E-state index in [0.29, 0.717) is 11.4 Å². The zero-order valence-corrected chi connectivity index (χ0v) is 30.1. The molecule has 0 bridgehead atoms. The molecule has 0 saturated carbocycles. The zero-order chi connectivity index (χ0) is 36.1. The summed E-state index contributed by atoms with van der Waals surface area (Å²) in [5.74, 6) is 0. The second-order valence-corrected chi connectivity index (χ2v) is 15.0. The van der Waals surface area contributed by atoms with Gasteiger partial charge in [0.05, 0.1) is 48.9 Å². The minimum Gasteiger partial charge on any atom is -0.595 e. The van der Waals surface area contributed by atoms with Crippen LogP contribution in [-0.4, -0.2) is 59.1 Å². The van der Waals surface area contributed by atoms with Gasteiger partial charge in [-0.15, -0.1) is 0 Å². The van der Waals surface area contributed by atoms with Crippen LogP contribution in [0.2, 0.25) is 0 Å². The first-order valence-electron chi connectivity index (χ1n) is 15.2. The van der Waals surface area contributed by atoms with Crippen LogP contribution < -0.4 is 32.2 Å². The fraction of sp³-hybridized carbons (Fsp3) is 0.500. The van der Waals surface area contributed by atoms with Crippen molar-refractivity contribution in [1.82, 2.24) is 10.9 Å². The van der Waals surface area contributed by atoms with Crippen LogP contribution in [0.4, 0.5) is 22.7 Å². The molecule has 0 aromatic heterocycles. The first-order valence-corrected chi connectivity index (χ1v) is 18.3. The second kappa shape index (κ2) is 19.3. The Morgan fingerprint density at radius 1 is 0.625 bits per heavy atom. The molecule has 2 atom stereocenters. The monoisotopic (exact) mass is 718 g/mol. The first-order chi connectivity index (χ1) is 22.4. The molecule has 18 nitrogen and oxygen atoms in total. The van der Waals surface area contributed by atoms with Crippen molar-refractivity contribution < 1.29 is 48.1 Å². The first kappa shape index (κ1) is 41.2. The molecule has 0 amide bonds. The molecule has 0 aliphatic heterocycles. The van der Waals surface area contributed by atoms with Crippen LogP contribution in [0.1, 0.15) is 55.4 Å². The number of aliphatic imine (C=N–C) groups is 2. The van der Waals surface area contributed by atoms with Crippen molar-refractivity contribution in [2.45, 2.75) is 79.8 Å². The summed E-state index contributed by atoms with van der Waals surface area (Å²) < 4.78 is 50.9. The Hall–Kier alpha value is -2.96. The van der Waals surface area contributed by atoms with E-state index < -0.39 is 50.1 Å². The molecule has 2 aromatic rings. The predicted octanol–water partition coefficient (Wildman–Crippen LogP) is 3.82. The van der Waals surface area contributed by atoms with Gasteiger partial charge in [-0.2, -0.15) is 10.5 Å². The number of rotatable bonds is 19. The quantitative estimate of drug-likeness (QED) is 0.0339. The lowest BCUT2D eigenvalue weighted by molar-refractivity contribution is -0.991. The highest BCUT2D eigenvalue weighted by Gasteiger charge is 2.37. The van der Waals surface area contributed by atoms with Crippen molar-refractivity contribution in [3.63, 3.8) is 0 Å². The fourth-order valence-corrected chi connectivity index (χ4v) is 7.36. The predicted molar refractivity (Wildman–Crippen MR) is 183 cm³/mol. The standard InChI is InChI=1S/C28H48N8O10P2/c1-19(2)43-47(41,44-20(3)4)27(33-31-23-9-13-25(14-10-23)35(37)38)29-17-18-30-28(48(42,45-21(5)6)46-22(7)8)34-32-24-11-15-26(16-12-24)36(39)40/h9-16,19-22,31-32,35-37,39H,17-18H2,1-8H3,(H,29,33)(H,30,34). The van der Waals surface area contributed by atoms with Crippen molar-refractivity contribution in [3.05, 3.63) is 58.9 Å². The summed E-state index contributed by atoms with van der Waals surface area (Å²) in [6.07, 6.45) is -2.03. The van der Waals surface area contributed by atoms with Gasteiger partial charge in [0.25, 0.3) is 0 Å². The zero-order valence-electron chi connectivity index (χ0n) is 28.3. The lowest BCUT2D eigenvalue weighted by atomic mass is 10.3. The van der Waals surface area contributed by atoms with Gasteiger partial charge in [-0.1, -0.05) is 0 Å². The molecule has 0 heterocycles. The SMILES string of the molecule is CC(C)OP(=O)(OC(C)C)C(=NCCN=C(NNc1ccc([NH+]([O-])O)cc1)P(=O)(OC(C)C)OC(C)C)NNc1ccc([NH+]([O-])O)cc1. The number of nitrogens with zero attached hydrogens (tertiary/aromatic N) is 2. The van der Waals surface area contributed by atoms with Crippen molar-refractivity contribution in [2.24, 2.45) is 9.98 Å². The van der Waals surface area contributed by atoms with Gasteiger partial charge in [0.2, 0.25) is 11.2 Å². The number of benzene rings is 2. The Morgan fingerprint density at radius 3 is 1.12 bits per heavy atom. The summed E-state index contributed by atoms with van der Waals surface area (Å²) in [6, 6.07) is 11.6. The molecule has 8 N–H and O–H groups in total. The average molecular weight is 719 g/mol.